The molecule has 0 heterocycles. The van der Waals surface area contributed by atoms with Gasteiger partial charge in [-0.2, -0.15) is 0 Å². The van der Waals surface area contributed by atoms with Crippen LogP contribution >= 0.6 is 0 Å². The van der Waals surface area contributed by atoms with Crippen LogP contribution in [0.25, 0.3) is 0 Å². The molecule has 1 atom stereocenters. The first-order valence-electron chi connectivity index (χ1n) is 9.20. The number of ketones is 1. The molecule has 23 heavy (non-hydrogen) atoms. The Balaban J connectivity index is 1.61. The smallest absolute Gasteiger partial charge is 0.162 e. The van der Waals surface area contributed by atoms with Crippen LogP contribution in [0.1, 0.15) is 65.2 Å². The Bertz CT molecular complexity index is 637. The number of Topliss-reactive ketones (excluding diaryl/α,β-unsaturated/α-hetero) is 1. The van der Waals surface area contributed by atoms with E-state index >= 15 is 0 Å². The van der Waals surface area contributed by atoms with Crippen molar-refractivity contribution in [2.75, 3.05) is 0 Å². The highest BCUT2D eigenvalue weighted by Crippen LogP contribution is 2.35. The second kappa shape index (κ2) is 7.29. The molecule has 3 rings (SSSR count). The predicted octanol–water partition coefficient (Wildman–Crippen LogP) is 6.01. The maximum Gasteiger partial charge on any atom is 0.162 e. The third kappa shape index (κ3) is 3.83. The molecule has 1 fully saturated rings. The summed E-state index contributed by atoms with van der Waals surface area (Å²) in [5.41, 5.74) is 6.83. The molecule has 0 spiro atoms. The Morgan fingerprint density at radius 3 is 2.39 bits per heavy atom. The van der Waals surface area contributed by atoms with E-state index < -0.39 is 0 Å². The predicted molar refractivity (Wildman–Crippen MR) is 97.2 cm³/mol. The topological polar surface area (TPSA) is 17.1 Å². The zero-order chi connectivity index (χ0) is 16.2. The summed E-state index contributed by atoms with van der Waals surface area (Å²) in [4.78, 5) is 12.8. The molecule has 0 aromatic carbocycles. The third-order valence-electron chi connectivity index (χ3n) is 5.44. The van der Waals surface area contributed by atoms with Gasteiger partial charge in [0.05, 0.1) is 0 Å². The van der Waals surface area contributed by atoms with Crippen LogP contribution in [0.3, 0.4) is 0 Å². The lowest BCUT2D eigenvalue weighted by Crippen LogP contribution is -2.22. The van der Waals surface area contributed by atoms with Crippen molar-refractivity contribution in [2.24, 2.45) is 5.92 Å². The highest BCUT2D eigenvalue weighted by atomic mass is 16.1. The van der Waals surface area contributed by atoms with Gasteiger partial charge in [-0.1, -0.05) is 60.9 Å². The number of hydrogen-bond acceptors (Lipinski definition) is 1. The van der Waals surface area contributed by atoms with Crippen LogP contribution in [-0.4, -0.2) is 5.78 Å². The summed E-state index contributed by atoms with van der Waals surface area (Å²) in [6.45, 7) is 4.41. The van der Waals surface area contributed by atoms with Crippen LogP contribution in [0.15, 0.2) is 58.2 Å². The molecule has 1 nitrogen and oxygen atoms in total. The number of hydrogen-bond donors (Lipinski definition) is 0. The quantitative estimate of drug-likeness (QED) is 0.569. The standard InChI is InChI=1S/C22H28O/c1-3-16-8-10-18(12-16)14-20-6-5-7-21(22(20)23)15-19-11-9-17(4-2)13-19/h8-11,14,21H,3-7,12-13,15H2,1-2H3/b20-14+. The molecule has 0 aromatic rings. The van der Waals surface area contributed by atoms with Crippen molar-refractivity contribution < 1.29 is 4.79 Å². The minimum absolute atomic E-state index is 0.214. The molecule has 0 radical (unpaired) electrons. The van der Waals surface area contributed by atoms with Gasteiger partial charge in [-0.05, 0) is 62.5 Å². The molecule has 3 aliphatic rings. The van der Waals surface area contributed by atoms with Gasteiger partial charge < -0.3 is 0 Å². The van der Waals surface area contributed by atoms with Crippen LogP contribution in [0, 0.1) is 5.92 Å². The minimum atomic E-state index is 0.214. The zero-order valence-electron chi connectivity index (χ0n) is 14.5. The van der Waals surface area contributed by atoms with Gasteiger partial charge in [0.2, 0.25) is 0 Å². The first kappa shape index (κ1) is 16.2. The van der Waals surface area contributed by atoms with E-state index in [2.05, 4.69) is 44.2 Å². The molecule has 0 amide bonds. The number of allylic oxidation sites excluding steroid dienone is 10. The lowest BCUT2D eigenvalue weighted by Gasteiger charge is -2.24. The Labute approximate surface area is 140 Å². The highest BCUT2D eigenvalue weighted by Gasteiger charge is 2.28. The monoisotopic (exact) mass is 308 g/mol. The minimum Gasteiger partial charge on any atom is -0.294 e. The van der Waals surface area contributed by atoms with Gasteiger partial charge in [0.25, 0.3) is 0 Å². The van der Waals surface area contributed by atoms with E-state index in [1.54, 1.807) is 0 Å². The molecule has 0 N–H and O–H groups in total. The summed E-state index contributed by atoms with van der Waals surface area (Å²) in [5, 5.41) is 0. The van der Waals surface area contributed by atoms with Crippen LogP contribution in [0.4, 0.5) is 0 Å². The average molecular weight is 308 g/mol. The first-order valence-corrected chi connectivity index (χ1v) is 9.20. The van der Waals surface area contributed by atoms with Crippen molar-refractivity contribution in [1.82, 2.24) is 0 Å². The molecule has 1 unspecified atom stereocenters. The van der Waals surface area contributed by atoms with E-state index in [0.717, 1.165) is 56.9 Å². The van der Waals surface area contributed by atoms with Crippen LogP contribution in [0.5, 0.6) is 0 Å². The van der Waals surface area contributed by atoms with Crippen LogP contribution in [0.2, 0.25) is 0 Å². The molecule has 0 saturated heterocycles. The molecule has 0 aromatic heterocycles. The normalized spacial score (nSPS) is 26.3. The second-order valence-electron chi connectivity index (χ2n) is 7.10. The van der Waals surface area contributed by atoms with Crippen LogP contribution < -0.4 is 0 Å². The fraction of sp³-hybridized carbons (Fsp3) is 0.500. The van der Waals surface area contributed by atoms with Crippen molar-refractivity contribution in [3.63, 3.8) is 0 Å². The Morgan fingerprint density at radius 1 is 1.00 bits per heavy atom. The number of carbonyl (C=O) groups excluding carboxylic acids is 1. The summed E-state index contributed by atoms with van der Waals surface area (Å²) < 4.78 is 0. The number of carbonyl (C=O) groups is 1. The largest absolute Gasteiger partial charge is 0.294 e. The van der Waals surface area contributed by atoms with Gasteiger partial charge in [0.15, 0.2) is 5.78 Å². The Morgan fingerprint density at radius 2 is 1.70 bits per heavy atom. The Kier molecular flexibility index (Phi) is 5.15. The van der Waals surface area contributed by atoms with E-state index in [1.807, 2.05) is 0 Å². The van der Waals surface area contributed by atoms with Gasteiger partial charge in [-0.25, -0.2) is 0 Å². The lowest BCUT2D eigenvalue weighted by atomic mass is 9.79. The maximum atomic E-state index is 12.8. The summed E-state index contributed by atoms with van der Waals surface area (Å²) in [5.74, 6) is 0.624. The van der Waals surface area contributed by atoms with Crippen molar-refractivity contribution >= 4 is 5.78 Å². The molecule has 0 bridgehead atoms. The number of rotatable bonds is 5. The van der Waals surface area contributed by atoms with Crippen molar-refractivity contribution in [3.05, 3.63) is 58.2 Å². The molecule has 1 heteroatoms. The summed E-state index contributed by atoms with van der Waals surface area (Å²) in [6, 6.07) is 0. The van der Waals surface area contributed by atoms with E-state index in [9.17, 15) is 4.79 Å². The SMILES string of the molecule is CCC1=CC=C(/C=C2\CCCC(CC3=CC=C(CC)C3)C2=O)C1. The summed E-state index contributed by atoms with van der Waals surface area (Å²) in [6.07, 6.45) is 19.6. The second-order valence-corrected chi connectivity index (χ2v) is 7.10. The van der Waals surface area contributed by atoms with E-state index in [-0.39, 0.29) is 5.92 Å². The van der Waals surface area contributed by atoms with E-state index in [0.29, 0.717) is 5.78 Å². The van der Waals surface area contributed by atoms with Gasteiger partial charge in [-0.15, -0.1) is 0 Å². The van der Waals surface area contributed by atoms with E-state index in [1.165, 1.54) is 22.3 Å². The summed E-state index contributed by atoms with van der Waals surface area (Å²) >= 11 is 0. The van der Waals surface area contributed by atoms with Gasteiger partial charge in [0.1, 0.15) is 0 Å². The zero-order valence-corrected chi connectivity index (χ0v) is 14.5. The first-order chi connectivity index (χ1) is 11.2. The maximum absolute atomic E-state index is 12.8. The highest BCUT2D eigenvalue weighted by molar-refractivity contribution is 5.98. The van der Waals surface area contributed by atoms with Crippen molar-refractivity contribution in [3.8, 4) is 0 Å². The van der Waals surface area contributed by atoms with Crippen molar-refractivity contribution in [2.45, 2.75) is 65.2 Å². The van der Waals surface area contributed by atoms with Crippen molar-refractivity contribution in [1.29, 1.82) is 0 Å². The molecule has 122 valence electrons. The van der Waals surface area contributed by atoms with Gasteiger partial charge >= 0.3 is 0 Å². The molecule has 0 aliphatic heterocycles. The fourth-order valence-electron chi connectivity index (χ4n) is 3.91. The van der Waals surface area contributed by atoms with Gasteiger partial charge in [-0.3, -0.25) is 4.79 Å². The third-order valence-corrected chi connectivity index (χ3v) is 5.44. The molecular weight excluding hydrogens is 280 g/mol. The van der Waals surface area contributed by atoms with E-state index in [4.69, 9.17) is 0 Å². The average Bonchev–Trinajstić information content (AvgIpc) is 3.20. The summed E-state index contributed by atoms with van der Waals surface area (Å²) in [7, 11) is 0. The Hall–Kier alpha value is -1.63. The van der Waals surface area contributed by atoms with Crippen LogP contribution in [-0.2, 0) is 4.79 Å². The van der Waals surface area contributed by atoms with Gasteiger partial charge in [0, 0.05) is 5.92 Å². The molecule has 1 saturated carbocycles. The lowest BCUT2D eigenvalue weighted by molar-refractivity contribution is -0.120. The molecule has 3 aliphatic carbocycles. The fourth-order valence-corrected chi connectivity index (χ4v) is 3.91. The molecular formula is C22H28O.